The maximum absolute atomic E-state index is 12.3. The fraction of sp³-hybridized carbons (Fsp3) is 0.381. The third-order valence-corrected chi connectivity index (χ3v) is 5.63. The number of hydrogen-bond acceptors (Lipinski definition) is 3. The number of anilines is 1. The van der Waals surface area contributed by atoms with Gasteiger partial charge in [-0.2, -0.15) is 0 Å². The van der Waals surface area contributed by atoms with E-state index in [1.165, 1.54) is 10.6 Å². The lowest BCUT2D eigenvalue weighted by atomic mass is 10.1. The van der Waals surface area contributed by atoms with Gasteiger partial charge >= 0.3 is 0 Å². The van der Waals surface area contributed by atoms with E-state index >= 15 is 0 Å². The van der Waals surface area contributed by atoms with E-state index in [1.54, 1.807) is 24.3 Å². The van der Waals surface area contributed by atoms with Gasteiger partial charge in [-0.25, -0.2) is 8.42 Å². The summed E-state index contributed by atoms with van der Waals surface area (Å²) >= 11 is 0. The number of nitrogens with zero attached hydrogens (tertiary/aromatic N) is 1. The van der Waals surface area contributed by atoms with Gasteiger partial charge in [0.2, 0.25) is 10.0 Å². The number of sulfonamides is 1. The normalized spacial score (nSPS) is 12.4. The van der Waals surface area contributed by atoms with Crippen LogP contribution in [0.4, 0.5) is 5.69 Å². The monoisotopic (exact) mass is 388 g/mol. The highest BCUT2D eigenvalue weighted by molar-refractivity contribution is 7.92. The van der Waals surface area contributed by atoms with E-state index < -0.39 is 10.0 Å². The SMILES string of the molecule is CCC[C@H](C)NC(=O)c1ccc(N(Cc2ccccc2C)S(C)(=O)=O)cc1. The van der Waals surface area contributed by atoms with Crippen molar-refractivity contribution in [1.82, 2.24) is 5.32 Å². The Morgan fingerprint density at radius 1 is 1.11 bits per heavy atom. The smallest absolute Gasteiger partial charge is 0.251 e. The molecule has 0 saturated carbocycles. The van der Waals surface area contributed by atoms with Crippen molar-refractivity contribution in [2.24, 2.45) is 0 Å². The summed E-state index contributed by atoms with van der Waals surface area (Å²) in [7, 11) is -3.46. The standard InChI is InChI=1S/C21H28N2O3S/c1-5-8-17(3)22-21(24)18-11-13-20(14-12-18)23(27(4,25)26)15-19-10-7-6-9-16(19)2/h6-7,9-14,17H,5,8,15H2,1-4H3,(H,22,24)/t17-/m0/s1. The number of amides is 1. The molecule has 1 atom stereocenters. The van der Waals surface area contributed by atoms with Crippen molar-refractivity contribution in [2.75, 3.05) is 10.6 Å². The van der Waals surface area contributed by atoms with Gasteiger partial charge < -0.3 is 5.32 Å². The van der Waals surface area contributed by atoms with Crippen molar-refractivity contribution in [3.63, 3.8) is 0 Å². The van der Waals surface area contributed by atoms with Crippen molar-refractivity contribution in [2.45, 2.75) is 46.2 Å². The highest BCUT2D eigenvalue weighted by Gasteiger charge is 2.19. The Balaban J connectivity index is 2.23. The van der Waals surface area contributed by atoms with Crippen LogP contribution in [-0.2, 0) is 16.6 Å². The zero-order valence-corrected chi connectivity index (χ0v) is 17.2. The van der Waals surface area contributed by atoms with Crippen LogP contribution in [0.5, 0.6) is 0 Å². The second kappa shape index (κ2) is 9.04. The molecule has 0 aliphatic heterocycles. The summed E-state index contributed by atoms with van der Waals surface area (Å²) in [6.45, 7) is 6.26. The average molecular weight is 389 g/mol. The largest absolute Gasteiger partial charge is 0.350 e. The van der Waals surface area contributed by atoms with Crippen LogP contribution in [0.1, 0.15) is 48.2 Å². The summed E-state index contributed by atoms with van der Waals surface area (Å²) in [5.74, 6) is -0.146. The molecule has 0 aliphatic carbocycles. The van der Waals surface area contributed by atoms with Crippen LogP contribution >= 0.6 is 0 Å². The predicted octanol–water partition coefficient (Wildman–Crippen LogP) is 3.88. The number of rotatable bonds is 8. The van der Waals surface area contributed by atoms with Gasteiger partial charge in [-0.05, 0) is 55.7 Å². The molecule has 1 N–H and O–H groups in total. The van der Waals surface area contributed by atoms with Crippen LogP contribution in [-0.4, -0.2) is 26.6 Å². The van der Waals surface area contributed by atoms with E-state index in [9.17, 15) is 13.2 Å². The molecule has 2 rings (SSSR count). The summed E-state index contributed by atoms with van der Waals surface area (Å²) in [4.78, 5) is 12.3. The van der Waals surface area contributed by atoms with Gasteiger partial charge in [0.05, 0.1) is 18.5 Å². The number of aryl methyl sites for hydroxylation is 1. The molecule has 0 aliphatic rings. The minimum Gasteiger partial charge on any atom is -0.350 e. The van der Waals surface area contributed by atoms with Gasteiger partial charge in [0, 0.05) is 11.6 Å². The van der Waals surface area contributed by atoms with Crippen LogP contribution in [0.3, 0.4) is 0 Å². The van der Waals surface area contributed by atoms with Gasteiger partial charge in [-0.1, -0.05) is 37.6 Å². The Hall–Kier alpha value is -2.34. The van der Waals surface area contributed by atoms with Crippen molar-refractivity contribution in [1.29, 1.82) is 0 Å². The van der Waals surface area contributed by atoms with Gasteiger partial charge in [0.1, 0.15) is 0 Å². The lowest BCUT2D eigenvalue weighted by Gasteiger charge is -2.23. The molecule has 0 bridgehead atoms. The summed E-state index contributed by atoms with van der Waals surface area (Å²) in [5, 5.41) is 2.95. The van der Waals surface area contributed by atoms with Gasteiger partial charge in [0.15, 0.2) is 0 Å². The van der Waals surface area contributed by atoms with Crippen molar-refractivity contribution < 1.29 is 13.2 Å². The number of carbonyl (C=O) groups is 1. The molecule has 0 aromatic heterocycles. The molecule has 6 heteroatoms. The Morgan fingerprint density at radius 2 is 1.74 bits per heavy atom. The van der Waals surface area contributed by atoms with E-state index in [-0.39, 0.29) is 18.5 Å². The highest BCUT2D eigenvalue weighted by Crippen LogP contribution is 2.22. The van der Waals surface area contributed by atoms with Crippen LogP contribution in [0, 0.1) is 6.92 Å². The van der Waals surface area contributed by atoms with E-state index in [1.807, 2.05) is 38.1 Å². The first-order valence-corrected chi connectivity index (χ1v) is 11.0. The predicted molar refractivity (Wildman–Crippen MR) is 110 cm³/mol. The molecular formula is C21H28N2O3S. The number of benzene rings is 2. The molecular weight excluding hydrogens is 360 g/mol. The molecule has 0 spiro atoms. The topological polar surface area (TPSA) is 66.5 Å². The zero-order chi connectivity index (χ0) is 20.0. The van der Waals surface area contributed by atoms with Crippen LogP contribution < -0.4 is 9.62 Å². The lowest BCUT2D eigenvalue weighted by Crippen LogP contribution is -2.32. The Kier molecular flexibility index (Phi) is 7.02. The third-order valence-electron chi connectivity index (χ3n) is 4.49. The second-order valence-electron chi connectivity index (χ2n) is 6.91. The summed E-state index contributed by atoms with van der Waals surface area (Å²) in [6, 6.07) is 14.5. The molecule has 146 valence electrons. The minimum atomic E-state index is -3.46. The maximum atomic E-state index is 12.3. The zero-order valence-electron chi connectivity index (χ0n) is 16.4. The molecule has 2 aromatic carbocycles. The molecule has 0 saturated heterocycles. The van der Waals surface area contributed by atoms with E-state index in [0.29, 0.717) is 11.3 Å². The molecule has 0 radical (unpaired) electrons. The number of hydrogen-bond donors (Lipinski definition) is 1. The fourth-order valence-electron chi connectivity index (χ4n) is 2.93. The van der Waals surface area contributed by atoms with Crippen LogP contribution in [0.25, 0.3) is 0 Å². The van der Waals surface area contributed by atoms with Gasteiger partial charge in [-0.3, -0.25) is 9.10 Å². The van der Waals surface area contributed by atoms with E-state index in [2.05, 4.69) is 12.2 Å². The molecule has 2 aromatic rings. The van der Waals surface area contributed by atoms with Crippen molar-refractivity contribution >= 4 is 21.6 Å². The van der Waals surface area contributed by atoms with Gasteiger partial charge in [0.25, 0.3) is 5.91 Å². The molecule has 0 heterocycles. The van der Waals surface area contributed by atoms with E-state index in [0.717, 1.165) is 24.0 Å². The lowest BCUT2D eigenvalue weighted by molar-refractivity contribution is 0.0938. The Bertz CT molecular complexity index is 877. The number of nitrogens with one attached hydrogen (secondary N) is 1. The number of carbonyl (C=O) groups excluding carboxylic acids is 1. The quantitative estimate of drug-likeness (QED) is 0.746. The maximum Gasteiger partial charge on any atom is 0.251 e. The summed E-state index contributed by atoms with van der Waals surface area (Å²) in [6.07, 6.45) is 3.11. The first-order chi connectivity index (χ1) is 12.7. The molecule has 5 nitrogen and oxygen atoms in total. The first kappa shape index (κ1) is 21.0. The van der Waals surface area contributed by atoms with Gasteiger partial charge in [-0.15, -0.1) is 0 Å². The minimum absolute atomic E-state index is 0.107. The molecule has 0 fully saturated rings. The fourth-order valence-corrected chi connectivity index (χ4v) is 3.81. The average Bonchev–Trinajstić information content (AvgIpc) is 2.60. The van der Waals surface area contributed by atoms with Crippen LogP contribution in [0.2, 0.25) is 0 Å². The third kappa shape index (κ3) is 5.82. The highest BCUT2D eigenvalue weighted by atomic mass is 32.2. The van der Waals surface area contributed by atoms with E-state index in [4.69, 9.17) is 0 Å². The first-order valence-electron chi connectivity index (χ1n) is 9.15. The Morgan fingerprint density at radius 3 is 2.30 bits per heavy atom. The Labute approximate surface area is 162 Å². The molecule has 1 amide bonds. The molecule has 0 unspecified atom stereocenters. The molecule has 27 heavy (non-hydrogen) atoms. The van der Waals surface area contributed by atoms with Crippen molar-refractivity contribution in [3.8, 4) is 0 Å². The second-order valence-corrected chi connectivity index (χ2v) is 8.81. The van der Waals surface area contributed by atoms with Crippen LogP contribution in [0.15, 0.2) is 48.5 Å². The summed E-state index contributed by atoms with van der Waals surface area (Å²) in [5.41, 5.74) is 3.04. The van der Waals surface area contributed by atoms with Crippen molar-refractivity contribution in [3.05, 3.63) is 65.2 Å². The summed E-state index contributed by atoms with van der Waals surface area (Å²) < 4.78 is 26.0.